The van der Waals surface area contributed by atoms with Gasteiger partial charge >= 0.3 is 0 Å². The van der Waals surface area contributed by atoms with E-state index in [1.54, 1.807) is 0 Å². The summed E-state index contributed by atoms with van der Waals surface area (Å²) in [5.41, 5.74) is 5.97. The van der Waals surface area contributed by atoms with Crippen LogP contribution in [0.15, 0.2) is 0 Å². The van der Waals surface area contributed by atoms with Gasteiger partial charge in [0.15, 0.2) is 9.84 Å². The molecule has 17 heavy (non-hydrogen) atoms. The molecule has 2 rings (SSSR count). The molecule has 0 amide bonds. The minimum atomic E-state index is -2.91. The van der Waals surface area contributed by atoms with E-state index in [4.69, 9.17) is 5.73 Å². The van der Waals surface area contributed by atoms with Crippen LogP contribution in [0.4, 0.5) is 0 Å². The van der Waals surface area contributed by atoms with E-state index < -0.39 is 9.84 Å². The lowest BCUT2D eigenvalue weighted by Gasteiger charge is -2.42. The third-order valence-corrected chi connectivity index (χ3v) is 5.86. The molecule has 100 valence electrons. The Bertz CT molecular complexity index is 371. The highest BCUT2D eigenvalue weighted by molar-refractivity contribution is 7.91. The van der Waals surface area contributed by atoms with Crippen molar-refractivity contribution in [2.24, 2.45) is 5.73 Å². The molecule has 0 bridgehead atoms. The first kappa shape index (κ1) is 13.3. The van der Waals surface area contributed by atoms with Gasteiger partial charge in [-0.3, -0.25) is 4.90 Å². The quantitative estimate of drug-likeness (QED) is 0.700. The number of hydrogen-bond donors (Lipinski definition) is 1. The largest absolute Gasteiger partial charge is 0.325 e. The molecule has 2 aliphatic rings. The predicted octanol–water partition coefficient (Wildman–Crippen LogP) is -0.863. The van der Waals surface area contributed by atoms with Gasteiger partial charge in [-0.15, -0.1) is 0 Å². The number of likely N-dealkylation sites (N-methyl/N-ethyl adjacent to an activating group) is 1. The summed E-state index contributed by atoms with van der Waals surface area (Å²) < 4.78 is 23.2. The van der Waals surface area contributed by atoms with E-state index in [0.29, 0.717) is 6.04 Å². The lowest BCUT2D eigenvalue weighted by Crippen LogP contribution is -2.58. The maximum Gasteiger partial charge on any atom is 0.153 e. The second kappa shape index (κ2) is 4.84. The van der Waals surface area contributed by atoms with Gasteiger partial charge < -0.3 is 10.6 Å². The fraction of sp³-hybridized carbons (Fsp3) is 1.00. The summed E-state index contributed by atoms with van der Waals surface area (Å²) in [6, 6.07) is 0.350. The van der Waals surface area contributed by atoms with Crippen LogP contribution in [-0.4, -0.2) is 74.5 Å². The van der Waals surface area contributed by atoms with E-state index >= 15 is 0 Å². The number of nitrogens with zero attached hydrogens (tertiary/aromatic N) is 2. The summed E-state index contributed by atoms with van der Waals surface area (Å²) in [5.74, 6) is 0.398. The third kappa shape index (κ3) is 2.81. The Morgan fingerprint density at radius 3 is 2.53 bits per heavy atom. The standard InChI is InChI=1S/C11H23N3O2S/c1-3-9-6-14(5-4-13(9)2)11-8-17(15,16)7-10(11)12/h9-11H,3-8,12H2,1-2H3. The van der Waals surface area contributed by atoms with E-state index in [2.05, 4.69) is 23.8 Å². The van der Waals surface area contributed by atoms with E-state index in [0.717, 1.165) is 26.1 Å². The average molecular weight is 261 g/mol. The Balaban J connectivity index is 2.04. The van der Waals surface area contributed by atoms with Crippen LogP contribution in [0.2, 0.25) is 0 Å². The van der Waals surface area contributed by atoms with Gasteiger partial charge in [0.25, 0.3) is 0 Å². The van der Waals surface area contributed by atoms with Crippen molar-refractivity contribution in [1.82, 2.24) is 9.80 Å². The predicted molar refractivity (Wildman–Crippen MR) is 68.7 cm³/mol. The smallest absolute Gasteiger partial charge is 0.153 e. The molecule has 0 radical (unpaired) electrons. The van der Waals surface area contributed by atoms with Crippen LogP contribution in [0.25, 0.3) is 0 Å². The Labute approximate surface area is 104 Å². The first-order chi connectivity index (χ1) is 7.93. The van der Waals surface area contributed by atoms with Crippen molar-refractivity contribution >= 4 is 9.84 Å². The van der Waals surface area contributed by atoms with Gasteiger partial charge in [0, 0.05) is 37.8 Å². The fourth-order valence-electron chi connectivity index (χ4n) is 2.94. The Hall–Kier alpha value is -0.170. The summed E-state index contributed by atoms with van der Waals surface area (Å²) in [7, 11) is -0.776. The van der Waals surface area contributed by atoms with Crippen molar-refractivity contribution in [3.8, 4) is 0 Å². The van der Waals surface area contributed by atoms with Crippen LogP contribution in [0, 0.1) is 0 Å². The van der Waals surface area contributed by atoms with Crippen LogP contribution in [-0.2, 0) is 9.84 Å². The van der Waals surface area contributed by atoms with Gasteiger partial charge in [-0.25, -0.2) is 8.42 Å². The van der Waals surface area contributed by atoms with Crippen LogP contribution in [0.5, 0.6) is 0 Å². The number of rotatable bonds is 2. The summed E-state index contributed by atoms with van der Waals surface area (Å²) in [6.07, 6.45) is 1.10. The molecule has 0 aromatic rings. The number of hydrogen-bond acceptors (Lipinski definition) is 5. The van der Waals surface area contributed by atoms with Crippen molar-refractivity contribution in [1.29, 1.82) is 0 Å². The van der Waals surface area contributed by atoms with Gasteiger partial charge in [-0.2, -0.15) is 0 Å². The zero-order valence-electron chi connectivity index (χ0n) is 10.7. The molecule has 3 atom stereocenters. The lowest BCUT2D eigenvalue weighted by atomic mass is 10.1. The minimum Gasteiger partial charge on any atom is -0.325 e. The third-order valence-electron chi connectivity index (χ3n) is 4.11. The lowest BCUT2D eigenvalue weighted by molar-refractivity contribution is 0.0651. The molecule has 0 aromatic carbocycles. The van der Waals surface area contributed by atoms with Crippen LogP contribution >= 0.6 is 0 Å². The maximum atomic E-state index is 11.6. The topological polar surface area (TPSA) is 66.6 Å². The maximum absolute atomic E-state index is 11.6. The van der Waals surface area contributed by atoms with E-state index in [1.807, 2.05) is 0 Å². The molecule has 0 saturated carbocycles. The summed E-state index contributed by atoms with van der Waals surface area (Å²) in [5, 5.41) is 0. The fourth-order valence-corrected chi connectivity index (χ4v) is 4.87. The molecule has 2 aliphatic heterocycles. The zero-order valence-corrected chi connectivity index (χ0v) is 11.5. The first-order valence-electron chi connectivity index (χ1n) is 6.33. The molecule has 6 heteroatoms. The molecule has 0 spiro atoms. The molecule has 2 saturated heterocycles. The van der Waals surface area contributed by atoms with Gasteiger partial charge in [0.1, 0.15) is 0 Å². The minimum absolute atomic E-state index is 0.0303. The normalized spacial score (nSPS) is 39.6. The first-order valence-corrected chi connectivity index (χ1v) is 8.15. The molecule has 2 fully saturated rings. The zero-order chi connectivity index (χ0) is 12.6. The van der Waals surface area contributed by atoms with E-state index in [1.165, 1.54) is 0 Å². The highest BCUT2D eigenvalue weighted by Crippen LogP contribution is 2.21. The summed E-state index contributed by atoms with van der Waals surface area (Å²) in [6.45, 7) is 5.06. The highest BCUT2D eigenvalue weighted by Gasteiger charge is 2.40. The Morgan fingerprint density at radius 1 is 1.29 bits per heavy atom. The second-order valence-electron chi connectivity index (χ2n) is 5.35. The second-order valence-corrected chi connectivity index (χ2v) is 7.50. The van der Waals surface area contributed by atoms with Crippen molar-refractivity contribution in [3.63, 3.8) is 0 Å². The number of piperazine rings is 1. The molecular weight excluding hydrogens is 238 g/mol. The Morgan fingerprint density at radius 2 is 2.00 bits per heavy atom. The van der Waals surface area contributed by atoms with Crippen LogP contribution in [0.3, 0.4) is 0 Å². The summed E-state index contributed by atoms with van der Waals surface area (Å²) >= 11 is 0. The monoisotopic (exact) mass is 261 g/mol. The van der Waals surface area contributed by atoms with Crippen molar-refractivity contribution in [2.75, 3.05) is 38.2 Å². The van der Waals surface area contributed by atoms with Gasteiger partial charge in [-0.1, -0.05) is 6.92 Å². The van der Waals surface area contributed by atoms with Crippen molar-refractivity contribution < 1.29 is 8.42 Å². The molecule has 0 aliphatic carbocycles. The van der Waals surface area contributed by atoms with Crippen molar-refractivity contribution in [2.45, 2.75) is 31.5 Å². The molecule has 3 unspecified atom stereocenters. The Kier molecular flexibility index (Phi) is 3.77. The van der Waals surface area contributed by atoms with Crippen LogP contribution < -0.4 is 5.73 Å². The highest BCUT2D eigenvalue weighted by atomic mass is 32.2. The molecular formula is C11H23N3O2S. The number of nitrogens with two attached hydrogens (primary N) is 1. The molecule has 0 aromatic heterocycles. The average Bonchev–Trinajstić information content (AvgIpc) is 2.53. The molecule has 2 heterocycles. The van der Waals surface area contributed by atoms with E-state index in [9.17, 15) is 8.42 Å². The van der Waals surface area contributed by atoms with Gasteiger partial charge in [0.05, 0.1) is 11.5 Å². The summed E-state index contributed by atoms with van der Waals surface area (Å²) in [4.78, 5) is 4.63. The number of sulfone groups is 1. The van der Waals surface area contributed by atoms with Gasteiger partial charge in [-0.05, 0) is 13.5 Å². The molecule has 5 nitrogen and oxygen atoms in total. The van der Waals surface area contributed by atoms with Crippen LogP contribution in [0.1, 0.15) is 13.3 Å². The van der Waals surface area contributed by atoms with E-state index in [-0.39, 0.29) is 23.6 Å². The van der Waals surface area contributed by atoms with Crippen molar-refractivity contribution in [3.05, 3.63) is 0 Å². The SMILES string of the molecule is CCC1CN(C2CS(=O)(=O)CC2N)CCN1C. The van der Waals surface area contributed by atoms with Gasteiger partial charge in [0.2, 0.25) is 0 Å². The molecule has 2 N–H and O–H groups in total.